The molecule has 4 rings (SSSR count). The quantitative estimate of drug-likeness (QED) is 0.415. The van der Waals surface area contributed by atoms with Crippen molar-refractivity contribution in [1.82, 2.24) is 15.1 Å². The molecule has 1 saturated heterocycles. The highest BCUT2D eigenvalue weighted by molar-refractivity contribution is 5.98. The molecule has 2 heterocycles. The highest BCUT2D eigenvalue weighted by Gasteiger charge is 2.25. The lowest BCUT2D eigenvalue weighted by molar-refractivity contribution is 0.200. The average Bonchev–Trinajstić information content (AvgIpc) is 2.88. The van der Waals surface area contributed by atoms with Gasteiger partial charge in [-0.05, 0) is 49.4 Å². The van der Waals surface area contributed by atoms with E-state index < -0.39 is 0 Å². The maximum atomic E-state index is 9.40. The van der Waals surface area contributed by atoms with Crippen molar-refractivity contribution in [2.45, 2.75) is 52.1 Å². The van der Waals surface area contributed by atoms with Gasteiger partial charge in [-0.25, -0.2) is 0 Å². The largest absolute Gasteiger partial charge is 0.354 e. The van der Waals surface area contributed by atoms with Crippen LogP contribution in [0.4, 0.5) is 5.82 Å². The van der Waals surface area contributed by atoms with Crippen molar-refractivity contribution in [3.05, 3.63) is 71.9 Å². The second-order valence-electron chi connectivity index (χ2n) is 9.64. The van der Waals surface area contributed by atoms with Gasteiger partial charge < -0.3 is 4.90 Å². The maximum Gasteiger partial charge on any atom is 0.159 e. The average molecular weight is 454 g/mol. The summed E-state index contributed by atoms with van der Waals surface area (Å²) in [7, 11) is 2.17. The number of rotatable bonds is 8. The maximum absolute atomic E-state index is 9.40. The van der Waals surface area contributed by atoms with E-state index in [2.05, 4.69) is 78.8 Å². The van der Waals surface area contributed by atoms with E-state index in [9.17, 15) is 5.26 Å². The summed E-state index contributed by atoms with van der Waals surface area (Å²) in [4.78, 5) is 4.77. The van der Waals surface area contributed by atoms with E-state index in [1.54, 1.807) is 0 Å². The molecule has 0 radical (unpaired) electrons. The Kier molecular flexibility index (Phi) is 7.59. The van der Waals surface area contributed by atoms with Gasteiger partial charge in [0.2, 0.25) is 0 Å². The van der Waals surface area contributed by atoms with Gasteiger partial charge in [-0.1, -0.05) is 69.3 Å². The molecule has 1 aliphatic rings. The molecular weight excluding hydrogens is 418 g/mol. The molecule has 1 fully saturated rings. The van der Waals surface area contributed by atoms with Crippen LogP contribution in [0.5, 0.6) is 0 Å². The fourth-order valence-corrected chi connectivity index (χ4v) is 4.93. The zero-order valence-electron chi connectivity index (χ0n) is 20.7. The third-order valence-electron chi connectivity index (χ3n) is 7.24. The van der Waals surface area contributed by atoms with Crippen molar-refractivity contribution in [3.63, 3.8) is 0 Å². The summed E-state index contributed by atoms with van der Waals surface area (Å²) in [5, 5.41) is 21.1. The number of allylic oxidation sites excluding steroid dienone is 1. The van der Waals surface area contributed by atoms with E-state index in [4.69, 9.17) is 5.10 Å². The number of hydrogen-bond donors (Lipinski definition) is 0. The van der Waals surface area contributed by atoms with Crippen LogP contribution in [0, 0.1) is 17.2 Å². The van der Waals surface area contributed by atoms with Crippen molar-refractivity contribution < 1.29 is 0 Å². The van der Waals surface area contributed by atoms with Crippen LogP contribution in [0.1, 0.15) is 56.4 Å². The molecule has 1 atom stereocenters. The predicted octanol–water partition coefficient (Wildman–Crippen LogP) is 6.05. The Morgan fingerprint density at radius 2 is 1.79 bits per heavy atom. The lowest BCUT2D eigenvalue weighted by Crippen LogP contribution is -2.43. The minimum absolute atomic E-state index is 0.483. The van der Waals surface area contributed by atoms with E-state index >= 15 is 0 Å². The van der Waals surface area contributed by atoms with Crippen LogP contribution in [0.15, 0.2) is 55.1 Å². The van der Waals surface area contributed by atoms with Crippen molar-refractivity contribution in [3.8, 4) is 6.07 Å². The molecule has 176 valence electrons. The molecule has 0 amide bonds. The summed E-state index contributed by atoms with van der Waals surface area (Å²) < 4.78 is 0. The van der Waals surface area contributed by atoms with Gasteiger partial charge in [0.15, 0.2) is 5.82 Å². The van der Waals surface area contributed by atoms with E-state index in [0.29, 0.717) is 12.0 Å². The van der Waals surface area contributed by atoms with E-state index in [1.807, 2.05) is 18.2 Å². The fourth-order valence-electron chi connectivity index (χ4n) is 4.93. The third-order valence-corrected chi connectivity index (χ3v) is 7.24. The van der Waals surface area contributed by atoms with Gasteiger partial charge in [0.1, 0.15) is 0 Å². The molecule has 0 aliphatic carbocycles. The Labute approximate surface area is 203 Å². The highest BCUT2D eigenvalue weighted by Crippen LogP contribution is 2.33. The van der Waals surface area contributed by atoms with Gasteiger partial charge in [-0.2, -0.15) is 5.26 Å². The number of nitriles is 1. The molecule has 1 aliphatic heterocycles. The Morgan fingerprint density at radius 3 is 2.50 bits per heavy atom. The number of nitrogens with zero attached hydrogens (tertiary/aromatic N) is 5. The summed E-state index contributed by atoms with van der Waals surface area (Å²) in [5.74, 6) is 1.57. The van der Waals surface area contributed by atoms with Gasteiger partial charge in [-0.3, -0.25) is 4.90 Å². The Balaban J connectivity index is 1.48. The van der Waals surface area contributed by atoms with Crippen LogP contribution in [0.25, 0.3) is 16.3 Å². The Hall–Kier alpha value is -3.23. The van der Waals surface area contributed by atoms with Crippen molar-refractivity contribution in [2.24, 2.45) is 5.92 Å². The molecule has 34 heavy (non-hydrogen) atoms. The van der Waals surface area contributed by atoms with E-state index in [1.165, 1.54) is 0 Å². The molecule has 0 N–H and O–H groups in total. The summed E-state index contributed by atoms with van der Waals surface area (Å²) in [5.41, 5.74) is 3.87. The van der Waals surface area contributed by atoms with Crippen molar-refractivity contribution in [1.29, 1.82) is 5.26 Å². The summed E-state index contributed by atoms with van der Waals surface area (Å²) in [6, 6.07) is 19.2. The Morgan fingerprint density at radius 1 is 1.12 bits per heavy atom. The van der Waals surface area contributed by atoms with Gasteiger partial charge in [0.05, 0.1) is 17.3 Å². The molecule has 2 aromatic carbocycles. The topological polar surface area (TPSA) is 56.1 Å². The number of fused-ring (bicyclic) bond motifs is 1. The van der Waals surface area contributed by atoms with Crippen LogP contribution >= 0.6 is 0 Å². The lowest BCUT2D eigenvalue weighted by Gasteiger charge is -2.37. The van der Waals surface area contributed by atoms with E-state index in [-0.39, 0.29) is 0 Å². The highest BCUT2D eigenvalue weighted by atomic mass is 15.3. The molecule has 1 unspecified atom stereocenters. The minimum atomic E-state index is 0.483. The standard InChI is InChI=1S/C29H35N5/c1-5-21(2)18-22(3)28-26-12-8-9-13-27(26)29(32-31-28)34-16-14-25(15-17-34)33(4)20-24-11-7-6-10-23(24)19-30/h6-13,21,25H,3,5,14-18,20H2,1-2,4H3. The van der Waals surface area contributed by atoms with Gasteiger partial charge in [0.25, 0.3) is 0 Å². The van der Waals surface area contributed by atoms with Gasteiger partial charge in [-0.15, -0.1) is 10.2 Å². The zero-order chi connectivity index (χ0) is 24.1. The zero-order valence-corrected chi connectivity index (χ0v) is 20.7. The fraction of sp³-hybridized carbons (Fsp3) is 0.414. The molecule has 0 saturated carbocycles. The molecule has 1 aromatic heterocycles. The smallest absolute Gasteiger partial charge is 0.159 e. The van der Waals surface area contributed by atoms with Crippen molar-refractivity contribution in [2.75, 3.05) is 25.0 Å². The van der Waals surface area contributed by atoms with Crippen molar-refractivity contribution >= 4 is 22.2 Å². The van der Waals surface area contributed by atoms with Crippen LogP contribution in [0.2, 0.25) is 0 Å². The van der Waals surface area contributed by atoms with Crippen LogP contribution < -0.4 is 4.90 Å². The van der Waals surface area contributed by atoms with Crippen LogP contribution in [0.3, 0.4) is 0 Å². The number of anilines is 1. The summed E-state index contributed by atoms with van der Waals surface area (Å²) >= 11 is 0. The minimum Gasteiger partial charge on any atom is -0.354 e. The molecule has 3 aromatic rings. The first-order valence-corrected chi connectivity index (χ1v) is 12.4. The Bertz CT molecular complexity index is 1190. The molecule has 5 heteroatoms. The van der Waals surface area contributed by atoms with Gasteiger partial charge in [0, 0.05) is 36.4 Å². The monoisotopic (exact) mass is 453 g/mol. The number of hydrogen-bond acceptors (Lipinski definition) is 5. The number of piperidine rings is 1. The van der Waals surface area contributed by atoms with E-state index in [0.717, 1.165) is 84.3 Å². The normalized spacial score (nSPS) is 15.4. The molecule has 0 bridgehead atoms. The number of benzene rings is 2. The third kappa shape index (κ3) is 5.13. The molecular formula is C29H35N5. The first-order valence-electron chi connectivity index (χ1n) is 12.4. The SMILES string of the molecule is C=C(CC(C)CC)c1nnc(N2CCC(N(C)Cc3ccccc3C#N)CC2)c2ccccc12. The molecule has 5 nitrogen and oxygen atoms in total. The summed E-state index contributed by atoms with van der Waals surface area (Å²) in [6.45, 7) is 11.5. The second-order valence-corrected chi connectivity index (χ2v) is 9.64. The molecule has 0 spiro atoms. The number of aromatic nitrogens is 2. The predicted molar refractivity (Wildman–Crippen MR) is 141 cm³/mol. The van der Waals surface area contributed by atoms with Crippen LogP contribution in [-0.2, 0) is 6.54 Å². The lowest BCUT2D eigenvalue weighted by atomic mass is 9.95. The first kappa shape index (κ1) is 23.9. The second kappa shape index (κ2) is 10.8. The van der Waals surface area contributed by atoms with Gasteiger partial charge >= 0.3 is 0 Å². The first-order chi connectivity index (χ1) is 16.5. The summed E-state index contributed by atoms with van der Waals surface area (Å²) in [6.07, 6.45) is 4.20. The van der Waals surface area contributed by atoms with Crippen LogP contribution in [-0.4, -0.2) is 41.3 Å².